The minimum atomic E-state index is -0.215. The Kier molecular flexibility index (Phi) is 4.43. The Bertz CT molecular complexity index is 876. The van der Waals surface area contributed by atoms with E-state index in [2.05, 4.69) is 33.1 Å². The van der Waals surface area contributed by atoms with E-state index in [1.54, 1.807) is 0 Å². The Morgan fingerprint density at radius 1 is 1.04 bits per heavy atom. The van der Waals surface area contributed by atoms with Crippen molar-refractivity contribution in [1.29, 1.82) is 0 Å². The number of halogens is 2. The van der Waals surface area contributed by atoms with Gasteiger partial charge in [-0.05, 0) is 48.7 Å². The van der Waals surface area contributed by atoms with Crippen LogP contribution in [0.2, 0.25) is 0 Å². The Labute approximate surface area is 167 Å². The van der Waals surface area contributed by atoms with Crippen molar-refractivity contribution in [3.63, 3.8) is 0 Å². The highest BCUT2D eigenvalue weighted by atomic mass is 79.9. The lowest BCUT2D eigenvalue weighted by molar-refractivity contribution is -0.0644. The van der Waals surface area contributed by atoms with E-state index in [9.17, 15) is 4.39 Å². The van der Waals surface area contributed by atoms with Crippen molar-refractivity contribution < 1.29 is 9.13 Å². The first-order valence-electron chi connectivity index (χ1n) is 9.77. The van der Waals surface area contributed by atoms with E-state index in [1.807, 2.05) is 18.2 Å². The molecule has 0 spiro atoms. The molecule has 2 aromatic rings. The number of hydrazone groups is 1. The zero-order valence-corrected chi connectivity index (χ0v) is 16.7. The van der Waals surface area contributed by atoms with E-state index in [0.29, 0.717) is 5.92 Å². The van der Waals surface area contributed by atoms with E-state index in [4.69, 9.17) is 9.84 Å². The van der Waals surface area contributed by atoms with Crippen molar-refractivity contribution in [3.8, 4) is 5.75 Å². The van der Waals surface area contributed by atoms with Gasteiger partial charge in [-0.3, -0.25) is 0 Å². The Morgan fingerprint density at radius 3 is 2.59 bits per heavy atom. The number of benzene rings is 2. The fourth-order valence-corrected chi connectivity index (χ4v) is 5.01. The summed E-state index contributed by atoms with van der Waals surface area (Å²) in [6, 6.07) is 13.1. The molecule has 0 aromatic heterocycles. The second-order valence-corrected chi connectivity index (χ2v) is 8.66. The first-order valence-corrected chi connectivity index (χ1v) is 10.6. The lowest BCUT2D eigenvalue weighted by Gasteiger charge is -2.42. The topological polar surface area (TPSA) is 24.8 Å². The molecule has 1 fully saturated rings. The normalized spacial score (nSPS) is 24.8. The third-order valence-electron chi connectivity index (χ3n) is 6.01. The summed E-state index contributed by atoms with van der Waals surface area (Å²) in [4.78, 5) is 0. The zero-order valence-electron chi connectivity index (χ0n) is 15.1. The molecule has 5 heteroatoms. The zero-order chi connectivity index (χ0) is 18.4. The standard InChI is InChI=1S/C22H22BrFN2O/c23-16-8-11-21-18(12-16)20-13-19(14-6-9-17(24)10-7-14)25-26(20)22(27-21)15-4-2-1-3-5-15/h6-12,15,20,22H,1-5,13H2. The van der Waals surface area contributed by atoms with E-state index >= 15 is 0 Å². The van der Waals surface area contributed by atoms with Crippen LogP contribution in [0.25, 0.3) is 0 Å². The molecule has 0 bridgehead atoms. The molecule has 2 unspecified atom stereocenters. The number of nitrogens with zero attached hydrogens (tertiary/aromatic N) is 2. The van der Waals surface area contributed by atoms with Crippen LogP contribution in [-0.4, -0.2) is 16.9 Å². The fraction of sp³-hybridized carbons (Fsp3) is 0.409. The summed E-state index contributed by atoms with van der Waals surface area (Å²) in [7, 11) is 0. The SMILES string of the molecule is Fc1ccc(C2=NN3C(C2)c2cc(Br)ccc2OC3C2CCCCC2)cc1. The summed E-state index contributed by atoms with van der Waals surface area (Å²) in [5.41, 5.74) is 3.18. The average Bonchev–Trinajstić information content (AvgIpc) is 3.14. The molecule has 27 heavy (non-hydrogen) atoms. The van der Waals surface area contributed by atoms with E-state index in [0.717, 1.165) is 27.9 Å². The summed E-state index contributed by atoms with van der Waals surface area (Å²) in [6.07, 6.45) is 7.06. The molecule has 140 valence electrons. The van der Waals surface area contributed by atoms with Crippen molar-refractivity contribution in [2.24, 2.45) is 11.0 Å². The molecule has 0 saturated heterocycles. The van der Waals surface area contributed by atoms with E-state index < -0.39 is 0 Å². The number of hydrogen-bond donors (Lipinski definition) is 0. The number of fused-ring (bicyclic) bond motifs is 3. The van der Waals surface area contributed by atoms with Gasteiger partial charge in [-0.2, -0.15) is 5.10 Å². The first-order chi connectivity index (χ1) is 13.2. The molecule has 3 nitrogen and oxygen atoms in total. The smallest absolute Gasteiger partial charge is 0.190 e. The van der Waals surface area contributed by atoms with Gasteiger partial charge in [-0.25, -0.2) is 9.40 Å². The average molecular weight is 429 g/mol. The molecule has 5 rings (SSSR count). The number of hydrogen-bond acceptors (Lipinski definition) is 3. The van der Waals surface area contributed by atoms with Gasteiger partial charge >= 0.3 is 0 Å². The van der Waals surface area contributed by atoms with E-state index in [1.165, 1.54) is 49.8 Å². The molecule has 1 saturated carbocycles. The molecule has 0 amide bonds. The molecule has 3 aliphatic rings. The van der Waals surface area contributed by atoms with Gasteiger partial charge in [0.2, 0.25) is 0 Å². The molecule has 0 N–H and O–H groups in total. The fourth-order valence-electron chi connectivity index (χ4n) is 4.63. The third kappa shape index (κ3) is 3.16. The van der Waals surface area contributed by atoms with Gasteiger partial charge in [0.05, 0.1) is 11.8 Å². The highest BCUT2D eigenvalue weighted by Crippen LogP contribution is 2.47. The predicted molar refractivity (Wildman–Crippen MR) is 107 cm³/mol. The summed E-state index contributed by atoms with van der Waals surface area (Å²) in [5, 5.41) is 7.17. The van der Waals surface area contributed by atoms with Crippen LogP contribution in [0.15, 0.2) is 52.0 Å². The minimum Gasteiger partial charge on any atom is -0.468 e. The summed E-state index contributed by atoms with van der Waals surface area (Å²) < 4.78 is 20.9. The molecule has 1 aliphatic carbocycles. The van der Waals surface area contributed by atoms with Crippen LogP contribution < -0.4 is 4.74 Å². The number of ether oxygens (including phenoxy) is 1. The highest BCUT2D eigenvalue weighted by molar-refractivity contribution is 9.10. The van der Waals surface area contributed by atoms with Gasteiger partial charge in [0.1, 0.15) is 11.6 Å². The van der Waals surface area contributed by atoms with Crippen LogP contribution in [0, 0.1) is 11.7 Å². The van der Waals surface area contributed by atoms with Gasteiger partial charge in [0, 0.05) is 22.4 Å². The third-order valence-corrected chi connectivity index (χ3v) is 6.51. The Balaban J connectivity index is 1.53. The molecule has 2 heterocycles. The second kappa shape index (κ2) is 6.93. The van der Waals surface area contributed by atoms with Crippen LogP contribution in [0.1, 0.15) is 55.7 Å². The van der Waals surface area contributed by atoms with Crippen LogP contribution in [0.3, 0.4) is 0 Å². The molecule has 2 atom stereocenters. The van der Waals surface area contributed by atoms with Crippen LogP contribution in [-0.2, 0) is 0 Å². The van der Waals surface area contributed by atoms with Gasteiger partial charge in [-0.15, -0.1) is 0 Å². The lowest BCUT2D eigenvalue weighted by Crippen LogP contribution is -2.45. The summed E-state index contributed by atoms with van der Waals surface area (Å²) in [5.74, 6) is 1.27. The van der Waals surface area contributed by atoms with Crippen molar-refractivity contribution in [2.45, 2.75) is 50.8 Å². The van der Waals surface area contributed by atoms with Crippen LogP contribution in [0.5, 0.6) is 5.75 Å². The first kappa shape index (κ1) is 17.2. The molecular weight excluding hydrogens is 407 g/mol. The number of rotatable bonds is 2. The van der Waals surface area contributed by atoms with E-state index in [-0.39, 0.29) is 18.1 Å². The van der Waals surface area contributed by atoms with Crippen LogP contribution >= 0.6 is 15.9 Å². The monoisotopic (exact) mass is 428 g/mol. The highest BCUT2D eigenvalue weighted by Gasteiger charge is 2.43. The van der Waals surface area contributed by atoms with Crippen molar-refractivity contribution in [3.05, 3.63) is 63.9 Å². The minimum absolute atomic E-state index is 0.0121. The molecule has 0 radical (unpaired) electrons. The lowest BCUT2D eigenvalue weighted by atomic mass is 9.86. The van der Waals surface area contributed by atoms with Crippen molar-refractivity contribution in [1.82, 2.24) is 5.01 Å². The quantitative estimate of drug-likeness (QED) is 0.582. The Hall–Kier alpha value is -1.88. The maximum atomic E-state index is 13.3. The van der Waals surface area contributed by atoms with Gasteiger partial charge < -0.3 is 4.74 Å². The van der Waals surface area contributed by atoms with Gasteiger partial charge in [0.15, 0.2) is 6.23 Å². The molecule has 2 aromatic carbocycles. The summed E-state index contributed by atoms with van der Waals surface area (Å²) in [6.45, 7) is 0. The maximum absolute atomic E-state index is 13.3. The predicted octanol–water partition coefficient (Wildman–Crippen LogP) is 6.04. The molecular formula is C22H22BrFN2O. The second-order valence-electron chi connectivity index (χ2n) is 7.74. The largest absolute Gasteiger partial charge is 0.468 e. The Morgan fingerprint density at radius 2 is 1.81 bits per heavy atom. The van der Waals surface area contributed by atoms with Gasteiger partial charge in [0.25, 0.3) is 0 Å². The van der Waals surface area contributed by atoms with Crippen molar-refractivity contribution >= 4 is 21.6 Å². The molecule has 2 aliphatic heterocycles. The van der Waals surface area contributed by atoms with Crippen LogP contribution in [0.4, 0.5) is 4.39 Å². The summed E-state index contributed by atoms with van der Waals surface area (Å²) >= 11 is 3.59. The van der Waals surface area contributed by atoms with Gasteiger partial charge in [-0.1, -0.05) is 47.3 Å². The maximum Gasteiger partial charge on any atom is 0.190 e. The van der Waals surface area contributed by atoms with Crippen molar-refractivity contribution in [2.75, 3.05) is 0 Å².